The molecule has 0 bridgehead atoms. The average molecular weight is 396 g/mol. The molecule has 9 nitrogen and oxygen atoms in total. The number of sulfonamides is 1. The highest BCUT2D eigenvalue weighted by molar-refractivity contribution is 7.89. The summed E-state index contributed by atoms with van der Waals surface area (Å²) >= 11 is 0. The van der Waals surface area contributed by atoms with Crippen LogP contribution in [0.1, 0.15) is 23.0 Å². The first kappa shape index (κ1) is 20.6. The topological polar surface area (TPSA) is 115 Å². The highest BCUT2D eigenvalue weighted by atomic mass is 32.2. The van der Waals surface area contributed by atoms with Crippen molar-refractivity contribution >= 4 is 21.9 Å². The standard InChI is InChI=1S/C17H20N2O7S/c1-12(16(20)18-11-14-7-5-9-25-14)26-17(21)13-6-4-8-15(10-13)27(22,23)19(2)24-3/h4-10,12H,11H2,1-3H3,(H,18,20)/t12-/m0/s1. The van der Waals surface area contributed by atoms with E-state index in [4.69, 9.17) is 14.0 Å². The maximum Gasteiger partial charge on any atom is 0.338 e. The van der Waals surface area contributed by atoms with E-state index in [0.717, 1.165) is 6.07 Å². The fraction of sp³-hybridized carbons (Fsp3) is 0.294. The largest absolute Gasteiger partial charge is 0.467 e. The van der Waals surface area contributed by atoms with Crippen LogP contribution in [-0.4, -0.2) is 45.0 Å². The van der Waals surface area contributed by atoms with Gasteiger partial charge in [-0.3, -0.25) is 9.63 Å². The Kier molecular flexibility index (Phi) is 6.72. The zero-order valence-electron chi connectivity index (χ0n) is 15.0. The third kappa shape index (κ3) is 5.16. The molecule has 1 heterocycles. The van der Waals surface area contributed by atoms with E-state index >= 15 is 0 Å². The van der Waals surface area contributed by atoms with Crippen LogP contribution in [0.5, 0.6) is 0 Å². The number of hydroxylamine groups is 1. The molecule has 0 spiro atoms. The quantitative estimate of drug-likeness (QED) is 0.528. The molecule has 0 fully saturated rings. The summed E-state index contributed by atoms with van der Waals surface area (Å²) in [5, 5.41) is 2.57. The van der Waals surface area contributed by atoms with Gasteiger partial charge in [0.05, 0.1) is 30.4 Å². The van der Waals surface area contributed by atoms with Crippen LogP contribution in [0.3, 0.4) is 0 Å². The minimum Gasteiger partial charge on any atom is -0.467 e. The zero-order valence-corrected chi connectivity index (χ0v) is 15.9. The molecule has 0 radical (unpaired) electrons. The number of nitrogens with zero attached hydrogens (tertiary/aromatic N) is 1. The van der Waals surface area contributed by atoms with E-state index in [2.05, 4.69) is 5.32 Å². The number of hydrogen-bond acceptors (Lipinski definition) is 7. The smallest absolute Gasteiger partial charge is 0.338 e. The second kappa shape index (κ2) is 8.80. The monoisotopic (exact) mass is 396 g/mol. The number of rotatable bonds is 8. The Balaban J connectivity index is 2.03. The molecule has 0 saturated heterocycles. The van der Waals surface area contributed by atoms with Gasteiger partial charge in [-0.2, -0.15) is 0 Å². The van der Waals surface area contributed by atoms with Gasteiger partial charge in [0, 0.05) is 7.05 Å². The molecule has 1 aromatic carbocycles. The van der Waals surface area contributed by atoms with Crippen LogP contribution in [-0.2, 0) is 30.9 Å². The molecule has 1 amide bonds. The van der Waals surface area contributed by atoms with Gasteiger partial charge in [-0.05, 0) is 37.3 Å². The van der Waals surface area contributed by atoms with Crippen molar-refractivity contribution < 1.29 is 32.0 Å². The summed E-state index contributed by atoms with van der Waals surface area (Å²) in [4.78, 5) is 28.8. The number of esters is 1. The van der Waals surface area contributed by atoms with Crippen molar-refractivity contribution in [2.24, 2.45) is 0 Å². The van der Waals surface area contributed by atoms with E-state index < -0.39 is 28.0 Å². The molecule has 0 aliphatic rings. The van der Waals surface area contributed by atoms with Crippen LogP contribution < -0.4 is 5.32 Å². The lowest BCUT2D eigenvalue weighted by Gasteiger charge is -2.15. The van der Waals surface area contributed by atoms with Gasteiger partial charge in [-0.25, -0.2) is 13.2 Å². The Morgan fingerprint density at radius 2 is 2.00 bits per heavy atom. The van der Waals surface area contributed by atoms with Gasteiger partial charge in [0.2, 0.25) is 0 Å². The summed E-state index contributed by atoms with van der Waals surface area (Å²) < 4.78 is 35.3. The van der Waals surface area contributed by atoms with Gasteiger partial charge in [0.25, 0.3) is 15.9 Å². The molecule has 2 rings (SSSR count). The summed E-state index contributed by atoms with van der Waals surface area (Å²) in [5.74, 6) is -0.780. The molecule has 2 aromatic rings. The number of ether oxygens (including phenoxy) is 1. The number of hydrogen-bond donors (Lipinski definition) is 1. The van der Waals surface area contributed by atoms with E-state index in [0.29, 0.717) is 10.2 Å². The van der Waals surface area contributed by atoms with Crippen molar-refractivity contribution in [1.82, 2.24) is 9.79 Å². The Morgan fingerprint density at radius 1 is 1.26 bits per heavy atom. The summed E-state index contributed by atoms with van der Waals surface area (Å²) in [7, 11) is -1.47. The molecule has 10 heteroatoms. The molecule has 0 saturated carbocycles. The normalized spacial score (nSPS) is 12.6. The van der Waals surface area contributed by atoms with Crippen molar-refractivity contribution in [2.45, 2.75) is 24.5 Å². The molecule has 146 valence electrons. The Bertz CT molecular complexity index is 894. The van der Waals surface area contributed by atoms with E-state index in [-0.39, 0.29) is 17.0 Å². The first-order chi connectivity index (χ1) is 12.8. The number of carbonyl (C=O) groups excluding carboxylic acids is 2. The molecule has 0 unspecified atom stereocenters. The fourth-order valence-corrected chi connectivity index (χ4v) is 3.06. The van der Waals surface area contributed by atoms with Crippen LogP contribution in [0, 0.1) is 0 Å². The SMILES string of the molecule is CON(C)S(=O)(=O)c1cccc(C(=O)O[C@@H](C)C(=O)NCc2ccco2)c1. The zero-order chi connectivity index (χ0) is 20.0. The van der Waals surface area contributed by atoms with Crippen molar-refractivity contribution in [3.05, 3.63) is 54.0 Å². The predicted octanol–water partition coefficient (Wildman–Crippen LogP) is 1.32. The molecular weight excluding hydrogens is 376 g/mol. The van der Waals surface area contributed by atoms with E-state index in [1.54, 1.807) is 12.1 Å². The second-order valence-electron chi connectivity index (χ2n) is 5.47. The molecular formula is C17H20N2O7S. The van der Waals surface area contributed by atoms with Crippen LogP contribution in [0.15, 0.2) is 52.0 Å². The molecule has 0 aliphatic heterocycles. The minimum atomic E-state index is -3.91. The average Bonchev–Trinajstić information content (AvgIpc) is 3.18. The number of furan rings is 1. The molecule has 0 aliphatic carbocycles. The number of nitrogens with one attached hydrogen (secondary N) is 1. The van der Waals surface area contributed by atoms with E-state index in [1.807, 2.05) is 0 Å². The summed E-state index contributed by atoms with van der Waals surface area (Å²) in [6.45, 7) is 1.57. The third-order valence-corrected chi connectivity index (χ3v) is 5.31. The fourth-order valence-electron chi connectivity index (χ4n) is 2.04. The molecule has 1 aromatic heterocycles. The lowest BCUT2D eigenvalue weighted by Crippen LogP contribution is -2.35. The molecule has 1 N–H and O–H groups in total. The van der Waals surface area contributed by atoms with Crippen molar-refractivity contribution in [2.75, 3.05) is 14.2 Å². The van der Waals surface area contributed by atoms with Crippen molar-refractivity contribution in [3.63, 3.8) is 0 Å². The van der Waals surface area contributed by atoms with Gasteiger partial charge in [0.15, 0.2) is 6.10 Å². The van der Waals surface area contributed by atoms with Gasteiger partial charge >= 0.3 is 5.97 Å². The highest BCUT2D eigenvalue weighted by Gasteiger charge is 2.24. The summed E-state index contributed by atoms with van der Waals surface area (Å²) in [5.41, 5.74) is -0.00809. The molecule has 1 atom stereocenters. The minimum absolute atomic E-state index is 0.00809. The van der Waals surface area contributed by atoms with Crippen LogP contribution in [0.4, 0.5) is 0 Å². The highest BCUT2D eigenvalue weighted by Crippen LogP contribution is 2.17. The molecule has 27 heavy (non-hydrogen) atoms. The van der Waals surface area contributed by atoms with Gasteiger partial charge in [0.1, 0.15) is 5.76 Å². The first-order valence-corrected chi connectivity index (χ1v) is 9.34. The second-order valence-corrected chi connectivity index (χ2v) is 7.41. The lowest BCUT2D eigenvalue weighted by atomic mass is 10.2. The summed E-state index contributed by atoms with van der Waals surface area (Å²) in [6.07, 6.45) is 0.405. The van der Waals surface area contributed by atoms with Crippen LogP contribution in [0.2, 0.25) is 0 Å². The van der Waals surface area contributed by atoms with Crippen LogP contribution in [0.25, 0.3) is 0 Å². The Hall–Kier alpha value is -2.69. The maximum atomic E-state index is 12.3. The number of amides is 1. The first-order valence-electron chi connectivity index (χ1n) is 7.90. The summed E-state index contributed by atoms with van der Waals surface area (Å²) in [6, 6.07) is 8.64. The third-order valence-electron chi connectivity index (χ3n) is 3.63. The van der Waals surface area contributed by atoms with Gasteiger partial charge in [-0.1, -0.05) is 10.5 Å². The van der Waals surface area contributed by atoms with Crippen LogP contribution >= 0.6 is 0 Å². The maximum absolute atomic E-state index is 12.3. The Morgan fingerprint density at radius 3 is 2.63 bits per heavy atom. The van der Waals surface area contributed by atoms with Gasteiger partial charge in [-0.15, -0.1) is 0 Å². The van der Waals surface area contributed by atoms with Gasteiger partial charge < -0.3 is 14.5 Å². The Labute approximate surface area is 156 Å². The van der Waals surface area contributed by atoms with Crippen molar-refractivity contribution in [1.29, 1.82) is 0 Å². The number of benzene rings is 1. The van der Waals surface area contributed by atoms with Crippen molar-refractivity contribution in [3.8, 4) is 0 Å². The van der Waals surface area contributed by atoms with E-state index in [1.165, 1.54) is 45.5 Å². The lowest BCUT2D eigenvalue weighted by molar-refractivity contribution is -0.129. The van der Waals surface area contributed by atoms with E-state index in [9.17, 15) is 18.0 Å². The number of carbonyl (C=O) groups is 2. The predicted molar refractivity (Wildman–Crippen MR) is 93.8 cm³/mol.